The molecule has 1 aromatic heterocycles. The number of nitrogens with zero attached hydrogens (tertiary/aromatic N) is 3. The maximum absolute atomic E-state index is 8.49. The van der Waals surface area contributed by atoms with Crippen LogP contribution in [0.1, 0.15) is 0 Å². The lowest BCUT2D eigenvalue weighted by molar-refractivity contribution is -2.00. The zero-order valence-electron chi connectivity index (χ0n) is 9.17. The summed E-state index contributed by atoms with van der Waals surface area (Å²) in [7, 11) is 6.48. The van der Waals surface area contributed by atoms with Crippen molar-refractivity contribution in [2.24, 2.45) is 0 Å². The second-order valence-electron chi connectivity index (χ2n) is 3.01. The van der Waals surface area contributed by atoms with Crippen molar-refractivity contribution in [1.82, 2.24) is 9.56 Å². The maximum atomic E-state index is 8.49. The molecule has 0 spiro atoms. The van der Waals surface area contributed by atoms with E-state index in [1.165, 1.54) is 0 Å². The number of aromatic nitrogens is 1. The van der Waals surface area contributed by atoms with Crippen LogP contribution in [-0.4, -0.2) is 33.2 Å². The lowest BCUT2D eigenvalue weighted by Crippen LogP contribution is -2.68. The predicted octanol–water partition coefficient (Wildman–Crippen LogP) is -4.45. The molecule has 1 heterocycles. The summed E-state index contributed by atoms with van der Waals surface area (Å²) in [4.78, 5) is 7.49. The molecule has 0 fully saturated rings. The van der Waals surface area contributed by atoms with Gasteiger partial charge in [-0.1, -0.05) is 0 Å². The summed E-state index contributed by atoms with van der Waals surface area (Å²) < 4.78 is 36.0. The Balaban J connectivity index is 0.000000385. The van der Waals surface area contributed by atoms with Crippen molar-refractivity contribution >= 4 is 25.8 Å². The SMILES string of the molecule is CN(C)c1nc(=[N+](C)C)ss1.[O-][Cl+3]([O-])([O-])[O-]. The fourth-order valence-corrected chi connectivity index (χ4v) is 2.86. The third-order valence-electron chi connectivity index (χ3n) is 1.15. The second-order valence-corrected chi connectivity index (χ2v) is 5.83. The summed E-state index contributed by atoms with van der Waals surface area (Å²) in [5, 5.41) is 1.07. The molecule has 94 valence electrons. The first-order valence-electron chi connectivity index (χ1n) is 3.88. The van der Waals surface area contributed by atoms with Crippen LogP contribution in [0.25, 0.3) is 0 Å². The first-order chi connectivity index (χ1) is 7.11. The van der Waals surface area contributed by atoms with Crippen molar-refractivity contribution in [2.45, 2.75) is 0 Å². The minimum atomic E-state index is -4.94. The Hall–Kier alpha value is -0.290. The van der Waals surface area contributed by atoms with E-state index < -0.39 is 10.2 Å². The molecule has 10 heteroatoms. The van der Waals surface area contributed by atoms with Crippen molar-refractivity contribution in [3.05, 3.63) is 4.80 Å². The Labute approximate surface area is 102 Å². The molecule has 0 atom stereocenters. The van der Waals surface area contributed by atoms with E-state index in [9.17, 15) is 0 Å². The Morgan fingerprint density at radius 3 is 1.75 bits per heavy atom. The lowest BCUT2D eigenvalue weighted by atomic mass is 10.9. The predicted molar refractivity (Wildman–Crippen MR) is 51.4 cm³/mol. The van der Waals surface area contributed by atoms with Gasteiger partial charge in [-0.05, 0) is 10.3 Å². The summed E-state index contributed by atoms with van der Waals surface area (Å²) >= 11 is 0. The van der Waals surface area contributed by atoms with Crippen LogP contribution in [0.4, 0.5) is 5.13 Å². The van der Waals surface area contributed by atoms with Gasteiger partial charge in [0.1, 0.15) is 0 Å². The van der Waals surface area contributed by atoms with E-state index in [4.69, 9.17) is 18.6 Å². The Bertz CT molecular complexity index is 374. The van der Waals surface area contributed by atoms with Gasteiger partial charge in [-0.15, -0.1) is 10.2 Å². The van der Waals surface area contributed by atoms with Crippen molar-refractivity contribution in [3.63, 3.8) is 0 Å². The molecule has 0 amide bonds. The Morgan fingerprint density at radius 2 is 1.56 bits per heavy atom. The van der Waals surface area contributed by atoms with Gasteiger partial charge in [-0.2, -0.15) is 0 Å². The maximum Gasteiger partial charge on any atom is 0.390 e. The molecule has 0 aliphatic rings. The molecular formula is C6H12ClN3O4S2. The zero-order valence-corrected chi connectivity index (χ0v) is 11.6. The van der Waals surface area contributed by atoms with Gasteiger partial charge in [0.25, 0.3) is 0 Å². The molecule has 1 rings (SSSR count). The largest absolute Gasteiger partial charge is 0.390 e. The first-order valence-corrected chi connectivity index (χ1v) is 7.26. The highest BCUT2D eigenvalue weighted by Crippen LogP contribution is 2.14. The lowest BCUT2D eigenvalue weighted by Gasteiger charge is -2.17. The quantitative estimate of drug-likeness (QED) is 0.381. The van der Waals surface area contributed by atoms with Gasteiger partial charge in [-0.3, -0.25) is 4.58 Å². The highest BCUT2D eigenvalue weighted by molar-refractivity contribution is 7.69. The van der Waals surface area contributed by atoms with Crippen LogP contribution < -0.4 is 32.9 Å². The van der Waals surface area contributed by atoms with E-state index in [2.05, 4.69) is 4.98 Å². The van der Waals surface area contributed by atoms with Crippen LogP contribution in [-0.2, 0) is 0 Å². The molecule has 1 aromatic rings. The van der Waals surface area contributed by atoms with Crippen LogP contribution in [0, 0.1) is 10.2 Å². The minimum Gasteiger partial charge on any atom is -0.333 e. The van der Waals surface area contributed by atoms with Crippen molar-refractivity contribution < 1.29 is 28.9 Å². The van der Waals surface area contributed by atoms with Crippen LogP contribution in [0.3, 0.4) is 0 Å². The van der Waals surface area contributed by atoms with Gasteiger partial charge in [-0.25, -0.2) is 18.6 Å². The molecule has 0 radical (unpaired) electrons. The molecule has 16 heavy (non-hydrogen) atoms. The monoisotopic (exact) mass is 289 g/mol. The topological polar surface area (TPSA) is 111 Å². The standard InChI is InChI=1S/C6H12N3S2.ClHO4/c1-8(2)5-7-6(9(3)4)11-10-5;2-1(3,4)5/h1-4H3;(H,2,3,4,5)/q+1;/p-1. The normalized spacial score (nSPS) is 10.5. The summed E-state index contributed by atoms with van der Waals surface area (Å²) in [6, 6.07) is 0. The first kappa shape index (κ1) is 15.7. The van der Waals surface area contributed by atoms with Gasteiger partial charge >= 0.3 is 9.93 Å². The van der Waals surface area contributed by atoms with Gasteiger partial charge in [0.2, 0.25) is 0 Å². The summed E-state index contributed by atoms with van der Waals surface area (Å²) in [6.45, 7) is 0. The molecule has 0 bridgehead atoms. The molecule has 0 saturated carbocycles. The molecular weight excluding hydrogens is 278 g/mol. The second kappa shape index (κ2) is 6.45. The summed E-state index contributed by atoms with van der Waals surface area (Å²) in [6.07, 6.45) is 0. The van der Waals surface area contributed by atoms with Gasteiger partial charge in [0, 0.05) is 29.4 Å². The molecule has 0 aliphatic heterocycles. The number of hydrogen-bond donors (Lipinski definition) is 0. The molecule has 0 unspecified atom stereocenters. The van der Waals surface area contributed by atoms with E-state index >= 15 is 0 Å². The highest BCUT2D eigenvalue weighted by Gasteiger charge is 2.08. The molecule has 0 aliphatic carbocycles. The van der Waals surface area contributed by atoms with E-state index in [1.807, 2.05) is 37.7 Å². The Morgan fingerprint density at radius 1 is 1.12 bits per heavy atom. The third kappa shape index (κ3) is 7.93. The number of hydrogen-bond acceptors (Lipinski definition) is 8. The number of anilines is 1. The Kier molecular flexibility index (Phi) is 6.33. The van der Waals surface area contributed by atoms with Crippen molar-refractivity contribution in [2.75, 3.05) is 33.1 Å². The van der Waals surface area contributed by atoms with Crippen molar-refractivity contribution in [3.8, 4) is 0 Å². The zero-order chi connectivity index (χ0) is 12.9. The van der Waals surface area contributed by atoms with E-state index in [0.717, 1.165) is 9.93 Å². The highest BCUT2D eigenvalue weighted by atomic mass is 35.7. The fourth-order valence-electron chi connectivity index (χ4n) is 0.543. The van der Waals surface area contributed by atoms with Crippen molar-refractivity contribution in [1.29, 1.82) is 0 Å². The average Bonchev–Trinajstić information content (AvgIpc) is 2.47. The molecule has 0 aromatic carbocycles. The third-order valence-corrected chi connectivity index (χ3v) is 3.59. The number of rotatable bonds is 1. The summed E-state index contributed by atoms with van der Waals surface area (Å²) in [5.41, 5.74) is 0. The van der Waals surface area contributed by atoms with Gasteiger partial charge in [0.15, 0.2) is 0 Å². The fraction of sp³-hybridized carbons (Fsp3) is 0.667. The average molecular weight is 290 g/mol. The van der Waals surface area contributed by atoms with Crippen LogP contribution in [0.5, 0.6) is 0 Å². The van der Waals surface area contributed by atoms with E-state index in [-0.39, 0.29) is 0 Å². The van der Waals surface area contributed by atoms with E-state index in [1.54, 1.807) is 20.7 Å². The van der Waals surface area contributed by atoms with Gasteiger partial charge < -0.3 is 4.90 Å². The summed E-state index contributed by atoms with van der Waals surface area (Å²) in [5.74, 6) is 0. The smallest absolute Gasteiger partial charge is 0.333 e. The van der Waals surface area contributed by atoms with E-state index in [0.29, 0.717) is 0 Å². The van der Waals surface area contributed by atoms with Crippen LogP contribution >= 0.6 is 20.7 Å². The van der Waals surface area contributed by atoms with Crippen LogP contribution in [0.15, 0.2) is 0 Å². The molecule has 7 nitrogen and oxygen atoms in total. The number of halogens is 1. The molecule has 0 saturated heterocycles. The molecule has 0 N–H and O–H groups in total. The van der Waals surface area contributed by atoms with Gasteiger partial charge in [0.05, 0.1) is 14.1 Å². The van der Waals surface area contributed by atoms with Crippen LogP contribution in [0.2, 0.25) is 0 Å². The minimum absolute atomic E-state index is 1.07.